The van der Waals surface area contributed by atoms with Crippen LogP contribution in [0.3, 0.4) is 0 Å². The number of fused-ring (bicyclic) bond motifs is 1. The SMILES string of the molecule is CC[C@@H](C)N1C(=O)c2ccccc2N[C@@H]1c1cc(C)n(C[C@@H]2CCCO2)c1C. The van der Waals surface area contributed by atoms with Crippen LogP contribution in [0.1, 0.15) is 66.6 Å². The molecule has 0 spiro atoms. The molecule has 1 aromatic carbocycles. The molecule has 1 N–H and O–H groups in total. The van der Waals surface area contributed by atoms with Crippen molar-refractivity contribution in [3.63, 3.8) is 0 Å². The Balaban J connectivity index is 1.73. The number of carbonyl (C=O) groups is 1. The van der Waals surface area contributed by atoms with Crippen LogP contribution >= 0.6 is 0 Å². The zero-order chi connectivity index (χ0) is 19.8. The molecule has 1 amide bonds. The number of ether oxygens (including phenoxy) is 1. The molecule has 1 aromatic heterocycles. The number of rotatable bonds is 5. The second kappa shape index (κ2) is 7.63. The first-order valence-corrected chi connectivity index (χ1v) is 10.5. The normalized spacial score (nSPS) is 22.9. The number of hydrogen-bond acceptors (Lipinski definition) is 3. The van der Waals surface area contributed by atoms with Gasteiger partial charge in [-0.15, -0.1) is 0 Å². The molecule has 28 heavy (non-hydrogen) atoms. The molecule has 3 heterocycles. The predicted molar refractivity (Wildman–Crippen MR) is 112 cm³/mol. The molecule has 0 radical (unpaired) electrons. The van der Waals surface area contributed by atoms with Crippen molar-refractivity contribution in [1.82, 2.24) is 9.47 Å². The van der Waals surface area contributed by atoms with E-state index in [-0.39, 0.29) is 18.1 Å². The van der Waals surface area contributed by atoms with Crippen LogP contribution in [0.2, 0.25) is 0 Å². The number of aryl methyl sites for hydroxylation is 1. The minimum atomic E-state index is -0.151. The van der Waals surface area contributed by atoms with Gasteiger partial charge in [-0.25, -0.2) is 0 Å². The summed E-state index contributed by atoms with van der Waals surface area (Å²) in [7, 11) is 0. The first kappa shape index (κ1) is 19.1. The zero-order valence-corrected chi connectivity index (χ0v) is 17.4. The van der Waals surface area contributed by atoms with Crippen molar-refractivity contribution in [2.75, 3.05) is 11.9 Å². The summed E-state index contributed by atoms with van der Waals surface area (Å²) in [5.41, 5.74) is 5.29. The van der Waals surface area contributed by atoms with Crippen molar-refractivity contribution >= 4 is 11.6 Å². The van der Waals surface area contributed by atoms with Crippen LogP contribution < -0.4 is 5.32 Å². The number of anilines is 1. The summed E-state index contributed by atoms with van der Waals surface area (Å²) in [4.78, 5) is 15.4. The van der Waals surface area contributed by atoms with E-state index in [1.54, 1.807) is 0 Å². The Bertz CT molecular complexity index is 867. The van der Waals surface area contributed by atoms with E-state index >= 15 is 0 Å². The highest BCUT2D eigenvalue weighted by molar-refractivity contribution is 6.01. The first-order valence-electron chi connectivity index (χ1n) is 10.5. The minimum absolute atomic E-state index is 0.109. The Morgan fingerprint density at radius 3 is 2.79 bits per heavy atom. The number of benzene rings is 1. The van der Waals surface area contributed by atoms with Gasteiger partial charge in [0.15, 0.2) is 0 Å². The Morgan fingerprint density at radius 1 is 1.29 bits per heavy atom. The van der Waals surface area contributed by atoms with Gasteiger partial charge in [0.1, 0.15) is 6.17 Å². The van der Waals surface area contributed by atoms with Crippen LogP contribution in [-0.2, 0) is 11.3 Å². The molecule has 0 unspecified atom stereocenters. The average molecular weight is 382 g/mol. The molecular weight excluding hydrogens is 350 g/mol. The van der Waals surface area contributed by atoms with Crippen molar-refractivity contribution in [3.8, 4) is 0 Å². The van der Waals surface area contributed by atoms with Crippen LogP contribution in [0.4, 0.5) is 5.69 Å². The fraction of sp³-hybridized carbons (Fsp3) is 0.522. The molecule has 2 aromatic rings. The van der Waals surface area contributed by atoms with Gasteiger partial charge in [0.25, 0.3) is 5.91 Å². The minimum Gasteiger partial charge on any atom is -0.376 e. The average Bonchev–Trinajstić information content (AvgIpc) is 3.31. The van der Waals surface area contributed by atoms with Gasteiger partial charge in [-0.1, -0.05) is 19.1 Å². The van der Waals surface area contributed by atoms with Crippen molar-refractivity contribution in [3.05, 3.63) is 52.8 Å². The lowest BCUT2D eigenvalue weighted by molar-refractivity contribution is 0.0592. The lowest BCUT2D eigenvalue weighted by Crippen LogP contribution is -2.47. The largest absolute Gasteiger partial charge is 0.376 e. The number of para-hydroxylation sites is 1. The molecule has 1 saturated heterocycles. The predicted octanol–water partition coefficient (Wildman–Crippen LogP) is 4.65. The molecule has 150 valence electrons. The number of carbonyl (C=O) groups excluding carboxylic acids is 1. The maximum Gasteiger partial charge on any atom is 0.258 e. The molecule has 4 rings (SSSR count). The van der Waals surface area contributed by atoms with E-state index in [0.717, 1.165) is 43.7 Å². The van der Waals surface area contributed by atoms with Gasteiger partial charge in [-0.2, -0.15) is 0 Å². The van der Waals surface area contributed by atoms with E-state index in [1.165, 1.54) is 17.0 Å². The van der Waals surface area contributed by atoms with Crippen LogP contribution in [-0.4, -0.2) is 34.1 Å². The summed E-state index contributed by atoms with van der Waals surface area (Å²) in [5.74, 6) is 0.109. The zero-order valence-electron chi connectivity index (χ0n) is 17.4. The highest BCUT2D eigenvalue weighted by atomic mass is 16.5. The molecule has 0 aliphatic carbocycles. The van der Waals surface area contributed by atoms with E-state index in [9.17, 15) is 4.79 Å². The van der Waals surface area contributed by atoms with Crippen LogP contribution in [0.5, 0.6) is 0 Å². The molecule has 5 nitrogen and oxygen atoms in total. The summed E-state index contributed by atoms with van der Waals surface area (Å²) in [5, 5.41) is 3.64. The maximum atomic E-state index is 13.3. The van der Waals surface area contributed by atoms with Crippen LogP contribution in [0.15, 0.2) is 30.3 Å². The van der Waals surface area contributed by atoms with Crippen LogP contribution in [0.25, 0.3) is 0 Å². The Labute approximate surface area is 167 Å². The van der Waals surface area contributed by atoms with Gasteiger partial charge in [0.05, 0.1) is 11.7 Å². The van der Waals surface area contributed by atoms with Crippen molar-refractivity contribution in [1.29, 1.82) is 0 Å². The Kier molecular flexibility index (Phi) is 5.19. The summed E-state index contributed by atoms with van der Waals surface area (Å²) in [6, 6.07) is 10.2. The van der Waals surface area contributed by atoms with E-state index < -0.39 is 0 Å². The summed E-state index contributed by atoms with van der Waals surface area (Å²) < 4.78 is 8.21. The number of hydrogen-bond donors (Lipinski definition) is 1. The summed E-state index contributed by atoms with van der Waals surface area (Å²) >= 11 is 0. The van der Waals surface area contributed by atoms with E-state index in [4.69, 9.17) is 4.74 Å². The van der Waals surface area contributed by atoms with Gasteiger partial charge in [-0.05, 0) is 58.2 Å². The summed E-state index contributed by atoms with van der Waals surface area (Å²) in [6.45, 7) is 10.3. The molecule has 3 atom stereocenters. The first-order chi connectivity index (χ1) is 13.5. The fourth-order valence-corrected chi connectivity index (χ4v) is 4.53. The fourth-order valence-electron chi connectivity index (χ4n) is 4.53. The molecule has 0 bridgehead atoms. The van der Waals surface area contributed by atoms with Gasteiger partial charge in [0.2, 0.25) is 0 Å². The third-order valence-electron chi connectivity index (χ3n) is 6.35. The lowest BCUT2D eigenvalue weighted by atomic mass is 10.0. The Morgan fingerprint density at radius 2 is 2.07 bits per heavy atom. The topological polar surface area (TPSA) is 46.5 Å². The molecule has 2 aliphatic heterocycles. The van der Waals surface area contributed by atoms with E-state index in [2.05, 4.69) is 43.6 Å². The lowest BCUT2D eigenvalue weighted by Gasteiger charge is -2.41. The van der Waals surface area contributed by atoms with E-state index in [0.29, 0.717) is 6.10 Å². The third-order valence-corrected chi connectivity index (χ3v) is 6.35. The van der Waals surface area contributed by atoms with E-state index in [1.807, 2.05) is 29.2 Å². The Hall–Kier alpha value is -2.27. The quantitative estimate of drug-likeness (QED) is 0.820. The standard InChI is InChI=1S/C23H31N3O2/c1-5-15(2)26-22(24-21-11-7-6-10-19(21)23(26)27)20-13-16(3)25(17(20)4)14-18-9-8-12-28-18/h6-7,10-11,13,15,18,22,24H,5,8-9,12,14H2,1-4H3/t15-,18+,22+/m1/s1. The summed E-state index contributed by atoms with van der Waals surface area (Å²) in [6.07, 6.45) is 3.33. The third kappa shape index (κ3) is 3.22. The number of nitrogens with one attached hydrogen (secondary N) is 1. The smallest absolute Gasteiger partial charge is 0.258 e. The van der Waals surface area contributed by atoms with Crippen LogP contribution in [0, 0.1) is 13.8 Å². The second-order valence-corrected chi connectivity index (χ2v) is 8.13. The van der Waals surface area contributed by atoms with Crippen molar-refractivity contribution in [2.24, 2.45) is 0 Å². The molecule has 0 saturated carbocycles. The highest BCUT2D eigenvalue weighted by Crippen LogP contribution is 2.37. The monoisotopic (exact) mass is 381 g/mol. The molecular formula is C23H31N3O2. The molecule has 5 heteroatoms. The molecule has 1 fully saturated rings. The van der Waals surface area contributed by atoms with Crippen molar-refractivity contribution in [2.45, 2.75) is 71.8 Å². The number of amides is 1. The highest BCUT2D eigenvalue weighted by Gasteiger charge is 2.37. The van der Waals surface area contributed by atoms with Gasteiger partial charge >= 0.3 is 0 Å². The van der Waals surface area contributed by atoms with Gasteiger partial charge < -0.3 is 19.5 Å². The number of nitrogens with zero attached hydrogens (tertiary/aromatic N) is 2. The van der Waals surface area contributed by atoms with Gasteiger partial charge in [-0.3, -0.25) is 4.79 Å². The van der Waals surface area contributed by atoms with Crippen molar-refractivity contribution < 1.29 is 9.53 Å². The number of aromatic nitrogens is 1. The maximum absolute atomic E-state index is 13.3. The molecule has 2 aliphatic rings. The van der Waals surface area contributed by atoms with Gasteiger partial charge in [0, 0.05) is 41.8 Å². The second-order valence-electron chi connectivity index (χ2n) is 8.13.